The molecule has 2 aromatic rings. The van der Waals surface area contributed by atoms with Crippen molar-refractivity contribution in [3.05, 3.63) is 59.4 Å². The highest BCUT2D eigenvalue weighted by Crippen LogP contribution is 2.45. The van der Waals surface area contributed by atoms with Crippen LogP contribution in [0.5, 0.6) is 0 Å². The lowest BCUT2D eigenvalue weighted by Crippen LogP contribution is -2.43. The first-order valence-electron chi connectivity index (χ1n) is 8.58. The van der Waals surface area contributed by atoms with Gasteiger partial charge in [0, 0.05) is 23.6 Å². The van der Waals surface area contributed by atoms with E-state index in [0.717, 1.165) is 11.3 Å². The molecular formula is C20H24N2O2. The van der Waals surface area contributed by atoms with Gasteiger partial charge in [-0.2, -0.15) is 0 Å². The molecule has 1 fully saturated rings. The van der Waals surface area contributed by atoms with Gasteiger partial charge in [0.15, 0.2) is 0 Å². The van der Waals surface area contributed by atoms with E-state index in [-0.39, 0.29) is 23.7 Å². The molecule has 0 spiro atoms. The topological polar surface area (TPSA) is 43.4 Å². The van der Waals surface area contributed by atoms with E-state index in [1.807, 2.05) is 12.3 Å². The molecule has 126 valence electrons. The minimum atomic E-state index is -0.0393. The molecule has 2 aliphatic rings. The van der Waals surface area contributed by atoms with E-state index in [1.165, 1.54) is 11.1 Å². The smallest absolute Gasteiger partial charge is 0.113 e. The second kappa shape index (κ2) is 5.87. The maximum atomic E-state index is 6.14. The summed E-state index contributed by atoms with van der Waals surface area (Å²) in [5.41, 5.74) is 4.88. The molecule has 4 nitrogen and oxygen atoms in total. The maximum absolute atomic E-state index is 6.14. The second-order valence-electron chi connectivity index (χ2n) is 7.59. The lowest BCUT2D eigenvalue weighted by atomic mass is 9.82. The molecule has 1 N–H and O–H groups in total. The average Bonchev–Trinajstić information content (AvgIpc) is 2.60. The fourth-order valence-electron chi connectivity index (χ4n) is 3.56. The van der Waals surface area contributed by atoms with Crippen molar-refractivity contribution >= 4 is 5.69 Å². The molecule has 3 unspecified atom stereocenters. The predicted octanol–water partition coefficient (Wildman–Crippen LogP) is 4.00. The standard InChI is InChI=1S/C20H24N2O2/c1-20(2,3)14-6-7-16-15(11-14)18-19(24-10-9-23-18)17(22-16)13-5-4-8-21-12-13/h4-8,11-12,17-19,22H,9-10H2,1-3H3. The number of nitrogens with zero attached hydrogens (tertiary/aromatic N) is 1. The molecule has 0 amide bonds. The molecule has 1 aromatic heterocycles. The van der Waals surface area contributed by atoms with Crippen LogP contribution in [0.1, 0.15) is 49.6 Å². The molecule has 2 aliphatic heterocycles. The van der Waals surface area contributed by atoms with E-state index in [4.69, 9.17) is 9.47 Å². The Hall–Kier alpha value is -1.91. The van der Waals surface area contributed by atoms with Crippen molar-refractivity contribution in [2.45, 2.75) is 44.4 Å². The van der Waals surface area contributed by atoms with Crippen LogP contribution in [0.25, 0.3) is 0 Å². The van der Waals surface area contributed by atoms with E-state index in [2.05, 4.69) is 55.3 Å². The fourth-order valence-corrected chi connectivity index (χ4v) is 3.56. The summed E-state index contributed by atoms with van der Waals surface area (Å²) in [5.74, 6) is 0. The average molecular weight is 324 g/mol. The highest BCUT2D eigenvalue weighted by Gasteiger charge is 2.41. The van der Waals surface area contributed by atoms with Crippen molar-refractivity contribution in [2.75, 3.05) is 18.5 Å². The summed E-state index contributed by atoms with van der Waals surface area (Å²) in [4.78, 5) is 4.26. The molecule has 1 aromatic carbocycles. The largest absolute Gasteiger partial charge is 0.375 e. The van der Waals surface area contributed by atoms with Gasteiger partial charge in [0.25, 0.3) is 0 Å². The first kappa shape index (κ1) is 15.6. The Bertz CT molecular complexity index is 724. The van der Waals surface area contributed by atoms with E-state index in [1.54, 1.807) is 6.20 Å². The third kappa shape index (κ3) is 2.70. The van der Waals surface area contributed by atoms with Crippen LogP contribution in [0.2, 0.25) is 0 Å². The molecule has 4 heteroatoms. The molecule has 3 heterocycles. The van der Waals surface area contributed by atoms with Gasteiger partial charge >= 0.3 is 0 Å². The minimum Gasteiger partial charge on any atom is -0.375 e. The van der Waals surface area contributed by atoms with E-state index in [9.17, 15) is 0 Å². The first-order chi connectivity index (χ1) is 11.5. The van der Waals surface area contributed by atoms with Crippen LogP contribution in [-0.2, 0) is 14.9 Å². The molecule has 1 saturated heterocycles. The number of pyridine rings is 1. The van der Waals surface area contributed by atoms with Gasteiger partial charge in [0.2, 0.25) is 0 Å². The van der Waals surface area contributed by atoms with Gasteiger partial charge in [-0.05, 0) is 28.7 Å². The quantitative estimate of drug-likeness (QED) is 0.861. The summed E-state index contributed by atoms with van der Waals surface area (Å²) in [6.45, 7) is 7.98. The zero-order chi connectivity index (χ0) is 16.7. The van der Waals surface area contributed by atoms with Crippen molar-refractivity contribution in [1.29, 1.82) is 0 Å². The third-order valence-electron chi connectivity index (χ3n) is 4.90. The van der Waals surface area contributed by atoms with Crippen molar-refractivity contribution in [1.82, 2.24) is 4.98 Å². The molecule has 0 radical (unpaired) electrons. The highest BCUT2D eigenvalue weighted by molar-refractivity contribution is 5.59. The SMILES string of the molecule is CC(C)(C)c1ccc2c(c1)C1OCCOC1C(c1cccnc1)N2. The molecule has 0 aliphatic carbocycles. The molecule has 4 rings (SSSR count). The van der Waals surface area contributed by atoms with Crippen molar-refractivity contribution in [2.24, 2.45) is 0 Å². The highest BCUT2D eigenvalue weighted by atomic mass is 16.6. The number of ether oxygens (including phenoxy) is 2. The first-order valence-corrected chi connectivity index (χ1v) is 8.58. The zero-order valence-corrected chi connectivity index (χ0v) is 14.5. The van der Waals surface area contributed by atoms with Gasteiger partial charge in [0.1, 0.15) is 12.2 Å². The summed E-state index contributed by atoms with van der Waals surface area (Å²) >= 11 is 0. The Labute approximate surface area is 143 Å². The van der Waals surface area contributed by atoms with Gasteiger partial charge in [0.05, 0.1) is 19.3 Å². The lowest BCUT2D eigenvalue weighted by Gasteiger charge is -2.43. The lowest BCUT2D eigenvalue weighted by molar-refractivity contribution is -0.151. The number of benzene rings is 1. The van der Waals surface area contributed by atoms with Crippen molar-refractivity contribution in [3.8, 4) is 0 Å². The number of aromatic nitrogens is 1. The van der Waals surface area contributed by atoms with Gasteiger partial charge in [-0.25, -0.2) is 0 Å². The monoisotopic (exact) mass is 324 g/mol. The summed E-state index contributed by atoms with van der Waals surface area (Å²) < 4.78 is 12.3. The summed E-state index contributed by atoms with van der Waals surface area (Å²) in [5, 5.41) is 3.65. The number of anilines is 1. The molecule has 24 heavy (non-hydrogen) atoms. The van der Waals surface area contributed by atoms with E-state index < -0.39 is 0 Å². The normalized spacial score (nSPS) is 26.2. The summed E-state index contributed by atoms with van der Waals surface area (Å²) in [6.07, 6.45) is 3.63. The number of nitrogens with one attached hydrogen (secondary N) is 1. The molecule has 3 atom stereocenters. The van der Waals surface area contributed by atoms with Crippen LogP contribution in [0.3, 0.4) is 0 Å². The Morgan fingerprint density at radius 2 is 1.96 bits per heavy atom. The number of hydrogen-bond donors (Lipinski definition) is 1. The Balaban J connectivity index is 1.77. The molecule has 0 bridgehead atoms. The van der Waals surface area contributed by atoms with Crippen LogP contribution in [-0.4, -0.2) is 24.3 Å². The van der Waals surface area contributed by atoms with E-state index in [0.29, 0.717) is 13.2 Å². The van der Waals surface area contributed by atoms with Crippen LogP contribution in [0.15, 0.2) is 42.7 Å². The molecular weight excluding hydrogens is 300 g/mol. The van der Waals surface area contributed by atoms with Gasteiger partial charge in [-0.3, -0.25) is 4.98 Å². The van der Waals surface area contributed by atoms with Crippen molar-refractivity contribution in [3.63, 3.8) is 0 Å². The second-order valence-corrected chi connectivity index (χ2v) is 7.59. The van der Waals surface area contributed by atoms with Crippen LogP contribution in [0, 0.1) is 0 Å². The Morgan fingerprint density at radius 1 is 1.12 bits per heavy atom. The number of fused-ring (bicyclic) bond motifs is 3. The van der Waals surface area contributed by atoms with Crippen LogP contribution in [0.4, 0.5) is 5.69 Å². The predicted molar refractivity (Wildman–Crippen MR) is 94.2 cm³/mol. The zero-order valence-electron chi connectivity index (χ0n) is 14.5. The Kier molecular flexibility index (Phi) is 3.82. The van der Waals surface area contributed by atoms with Gasteiger partial charge in [-0.15, -0.1) is 0 Å². The summed E-state index contributed by atoms with van der Waals surface area (Å²) in [7, 11) is 0. The van der Waals surface area contributed by atoms with Crippen LogP contribution >= 0.6 is 0 Å². The van der Waals surface area contributed by atoms with Crippen LogP contribution < -0.4 is 5.32 Å². The fraction of sp³-hybridized carbons (Fsp3) is 0.450. The summed E-state index contributed by atoms with van der Waals surface area (Å²) in [6, 6.07) is 10.8. The number of rotatable bonds is 1. The number of hydrogen-bond acceptors (Lipinski definition) is 4. The van der Waals surface area contributed by atoms with E-state index >= 15 is 0 Å². The van der Waals surface area contributed by atoms with Gasteiger partial charge < -0.3 is 14.8 Å². The Morgan fingerprint density at radius 3 is 2.71 bits per heavy atom. The van der Waals surface area contributed by atoms with Gasteiger partial charge in [-0.1, -0.05) is 39.0 Å². The maximum Gasteiger partial charge on any atom is 0.113 e. The molecule has 0 saturated carbocycles. The minimum absolute atomic E-state index is 0.0364. The van der Waals surface area contributed by atoms with Crippen molar-refractivity contribution < 1.29 is 9.47 Å². The third-order valence-corrected chi connectivity index (χ3v) is 4.90.